The van der Waals surface area contributed by atoms with E-state index in [9.17, 15) is 14.4 Å². The van der Waals surface area contributed by atoms with Crippen molar-refractivity contribution in [2.45, 2.75) is 26.7 Å². The summed E-state index contributed by atoms with van der Waals surface area (Å²) in [6, 6.07) is 12.7. The predicted octanol–water partition coefficient (Wildman–Crippen LogP) is 3.40. The second kappa shape index (κ2) is 8.26. The highest BCUT2D eigenvalue weighted by Gasteiger charge is 2.35. The third-order valence-electron chi connectivity index (χ3n) is 5.88. The number of nitrogens with zero attached hydrogens (tertiary/aromatic N) is 1. The zero-order valence-corrected chi connectivity index (χ0v) is 17.8. The summed E-state index contributed by atoms with van der Waals surface area (Å²) < 4.78 is 5.23. The smallest absolute Gasteiger partial charge is 0.251 e. The molecule has 7 heteroatoms. The fourth-order valence-corrected chi connectivity index (χ4v) is 4.16. The van der Waals surface area contributed by atoms with Crippen LogP contribution in [0.5, 0.6) is 5.75 Å². The summed E-state index contributed by atoms with van der Waals surface area (Å²) in [5.41, 5.74) is 3.60. The van der Waals surface area contributed by atoms with Gasteiger partial charge in [0.25, 0.3) is 5.56 Å². The summed E-state index contributed by atoms with van der Waals surface area (Å²) in [7, 11) is 1.57. The number of amides is 2. The second-order valence-corrected chi connectivity index (χ2v) is 7.77. The van der Waals surface area contributed by atoms with Crippen LogP contribution in [0.15, 0.2) is 47.3 Å². The van der Waals surface area contributed by atoms with Crippen LogP contribution in [-0.2, 0) is 16.0 Å². The number of aromatic nitrogens is 1. The van der Waals surface area contributed by atoms with Crippen molar-refractivity contribution in [1.82, 2.24) is 4.98 Å². The Morgan fingerprint density at radius 1 is 1.23 bits per heavy atom. The van der Waals surface area contributed by atoms with Crippen LogP contribution in [-0.4, -0.2) is 30.5 Å². The van der Waals surface area contributed by atoms with Crippen molar-refractivity contribution < 1.29 is 14.3 Å². The highest BCUT2D eigenvalue weighted by Crippen LogP contribution is 2.29. The standard InChI is InChI=1S/C24H25N3O4/c1-4-19-14(2)20-9-8-16(11-21(20)26-24(19)30)25-23(29)15-10-22(28)27(13-15)17-6-5-7-18(12-17)31-3/h5-9,11-12,15H,4,10,13H2,1-3H3,(H,25,29)(H,26,30). The Bertz CT molecular complexity index is 1230. The van der Waals surface area contributed by atoms with Crippen molar-refractivity contribution in [3.8, 4) is 5.75 Å². The Labute approximate surface area is 180 Å². The van der Waals surface area contributed by atoms with Gasteiger partial charge in [0, 0.05) is 41.4 Å². The van der Waals surface area contributed by atoms with E-state index >= 15 is 0 Å². The van der Waals surface area contributed by atoms with Crippen LogP contribution in [0.4, 0.5) is 11.4 Å². The van der Waals surface area contributed by atoms with E-state index in [0.717, 1.165) is 16.5 Å². The van der Waals surface area contributed by atoms with Gasteiger partial charge in [0.1, 0.15) is 5.75 Å². The Morgan fingerprint density at radius 2 is 2.03 bits per heavy atom. The molecule has 0 radical (unpaired) electrons. The fourth-order valence-electron chi connectivity index (χ4n) is 4.16. The molecule has 7 nitrogen and oxygen atoms in total. The van der Waals surface area contributed by atoms with Gasteiger partial charge in [-0.2, -0.15) is 0 Å². The monoisotopic (exact) mass is 419 g/mol. The lowest BCUT2D eigenvalue weighted by Crippen LogP contribution is -2.28. The molecule has 1 aromatic heterocycles. The van der Waals surface area contributed by atoms with E-state index in [1.165, 1.54) is 0 Å². The molecule has 0 aliphatic carbocycles. The lowest BCUT2D eigenvalue weighted by atomic mass is 10.0. The van der Waals surface area contributed by atoms with Gasteiger partial charge in [0.05, 0.1) is 18.5 Å². The van der Waals surface area contributed by atoms with Gasteiger partial charge in [0.15, 0.2) is 0 Å². The van der Waals surface area contributed by atoms with E-state index in [1.807, 2.05) is 44.2 Å². The van der Waals surface area contributed by atoms with Gasteiger partial charge in [-0.3, -0.25) is 14.4 Å². The molecule has 1 aliphatic rings. The summed E-state index contributed by atoms with van der Waals surface area (Å²) in [5, 5.41) is 3.85. The molecule has 0 bridgehead atoms. The molecule has 0 spiro atoms. The molecular weight excluding hydrogens is 394 g/mol. The van der Waals surface area contributed by atoms with E-state index in [1.54, 1.807) is 24.1 Å². The summed E-state index contributed by atoms with van der Waals surface area (Å²) in [6.45, 7) is 4.20. The Morgan fingerprint density at radius 3 is 2.77 bits per heavy atom. The molecule has 31 heavy (non-hydrogen) atoms. The first-order chi connectivity index (χ1) is 14.9. The van der Waals surface area contributed by atoms with Crippen molar-refractivity contribution in [2.75, 3.05) is 23.9 Å². The molecule has 2 heterocycles. The van der Waals surface area contributed by atoms with Gasteiger partial charge < -0.3 is 19.9 Å². The number of ether oxygens (including phenoxy) is 1. The van der Waals surface area contributed by atoms with Crippen LogP contribution >= 0.6 is 0 Å². The van der Waals surface area contributed by atoms with E-state index in [-0.39, 0.29) is 23.8 Å². The molecule has 4 rings (SSSR count). The normalized spacial score (nSPS) is 16.0. The molecule has 1 fully saturated rings. The molecule has 2 amide bonds. The quantitative estimate of drug-likeness (QED) is 0.663. The first-order valence-corrected chi connectivity index (χ1v) is 10.3. The summed E-state index contributed by atoms with van der Waals surface area (Å²) in [5.74, 6) is -0.121. The second-order valence-electron chi connectivity index (χ2n) is 7.77. The summed E-state index contributed by atoms with van der Waals surface area (Å²) >= 11 is 0. The lowest BCUT2D eigenvalue weighted by molar-refractivity contribution is -0.122. The van der Waals surface area contributed by atoms with Crippen molar-refractivity contribution in [3.05, 3.63) is 63.9 Å². The number of hydrogen-bond acceptors (Lipinski definition) is 4. The van der Waals surface area contributed by atoms with E-state index in [0.29, 0.717) is 35.6 Å². The van der Waals surface area contributed by atoms with Gasteiger partial charge in [-0.15, -0.1) is 0 Å². The molecule has 2 aromatic carbocycles. The van der Waals surface area contributed by atoms with E-state index < -0.39 is 5.92 Å². The molecule has 160 valence electrons. The highest BCUT2D eigenvalue weighted by molar-refractivity contribution is 6.04. The summed E-state index contributed by atoms with van der Waals surface area (Å²) in [6.07, 6.45) is 0.807. The van der Waals surface area contributed by atoms with Crippen LogP contribution < -0.4 is 20.5 Å². The van der Waals surface area contributed by atoms with E-state index in [4.69, 9.17) is 4.74 Å². The maximum atomic E-state index is 12.8. The fraction of sp³-hybridized carbons (Fsp3) is 0.292. The Hall–Kier alpha value is -3.61. The Kier molecular flexibility index (Phi) is 5.50. The molecule has 0 saturated carbocycles. The third-order valence-corrected chi connectivity index (χ3v) is 5.88. The number of aryl methyl sites for hydroxylation is 1. The number of pyridine rings is 1. The average Bonchev–Trinajstić information content (AvgIpc) is 3.15. The largest absolute Gasteiger partial charge is 0.497 e. The van der Waals surface area contributed by atoms with Gasteiger partial charge in [-0.05, 0) is 43.2 Å². The number of rotatable bonds is 5. The van der Waals surface area contributed by atoms with Gasteiger partial charge in [-0.25, -0.2) is 0 Å². The zero-order chi connectivity index (χ0) is 22.1. The highest BCUT2D eigenvalue weighted by atomic mass is 16.5. The van der Waals surface area contributed by atoms with Crippen LogP contribution in [0.2, 0.25) is 0 Å². The van der Waals surface area contributed by atoms with Crippen LogP contribution in [0.1, 0.15) is 24.5 Å². The first kappa shape index (κ1) is 20.7. The van der Waals surface area contributed by atoms with Crippen LogP contribution in [0.3, 0.4) is 0 Å². The maximum Gasteiger partial charge on any atom is 0.251 e. The van der Waals surface area contributed by atoms with Crippen molar-refractivity contribution in [3.63, 3.8) is 0 Å². The number of anilines is 2. The number of methoxy groups -OCH3 is 1. The third kappa shape index (κ3) is 3.91. The number of hydrogen-bond donors (Lipinski definition) is 2. The zero-order valence-electron chi connectivity index (χ0n) is 17.8. The number of carbonyl (C=O) groups excluding carboxylic acids is 2. The van der Waals surface area contributed by atoms with Crippen molar-refractivity contribution in [1.29, 1.82) is 0 Å². The molecule has 1 saturated heterocycles. The predicted molar refractivity (Wildman–Crippen MR) is 121 cm³/mol. The number of H-pyrrole nitrogens is 1. The topological polar surface area (TPSA) is 91.5 Å². The van der Waals surface area contributed by atoms with Crippen molar-refractivity contribution >= 4 is 34.1 Å². The van der Waals surface area contributed by atoms with Crippen molar-refractivity contribution in [2.24, 2.45) is 5.92 Å². The maximum absolute atomic E-state index is 12.8. The van der Waals surface area contributed by atoms with Crippen LogP contribution in [0, 0.1) is 12.8 Å². The minimum absolute atomic E-state index is 0.0982. The van der Waals surface area contributed by atoms with E-state index in [2.05, 4.69) is 10.3 Å². The SMILES string of the molecule is CCc1c(C)c2ccc(NC(=O)C3CC(=O)N(c4cccc(OC)c4)C3)cc2[nH]c1=O. The molecule has 1 aliphatic heterocycles. The lowest BCUT2D eigenvalue weighted by Gasteiger charge is -2.17. The molecule has 3 aromatic rings. The minimum Gasteiger partial charge on any atom is -0.497 e. The Balaban J connectivity index is 1.52. The van der Waals surface area contributed by atoms with Gasteiger partial charge in [-0.1, -0.05) is 19.1 Å². The molecule has 1 unspecified atom stereocenters. The number of carbonyl (C=O) groups is 2. The average molecular weight is 419 g/mol. The number of nitrogens with one attached hydrogen (secondary N) is 2. The minimum atomic E-state index is -0.461. The number of aromatic amines is 1. The van der Waals surface area contributed by atoms with Crippen LogP contribution in [0.25, 0.3) is 10.9 Å². The van der Waals surface area contributed by atoms with Gasteiger partial charge in [0.2, 0.25) is 11.8 Å². The molecular formula is C24H25N3O4. The summed E-state index contributed by atoms with van der Waals surface area (Å²) in [4.78, 5) is 42.2. The molecule has 1 atom stereocenters. The number of fused-ring (bicyclic) bond motifs is 1. The number of benzene rings is 2. The first-order valence-electron chi connectivity index (χ1n) is 10.3. The van der Waals surface area contributed by atoms with Gasteiger partial charge >= 0.3 is 0 Å². The molecule has 2 N–H and O–H groups in total.